The Morgan fingerprint density at radius 3 is 1.17 bits per heavy atom. The van der Waals surface area contributed by atoms with E-state index >= 15 is 0 Å². The average Bonchev–Trinajstić information content (AvgIpc) is 1.75. The first-order valence-corrected chi connectivity index (χ1v) is 54.0. The van der Waals surface area contributed by atoms with E-state index in [1.165, 1.54) is 48.5 Å². The summed E-state index contributed by atoms with van der Waals surface area (Å²) in [5.74, 6) is -1.07. The van der Waals surface area contributed by atoms with Crippen molar-refractivity contribution in [3.05, 3.63) is 309 Å². The van der Waals surface area contributed by atoms with E-state index in [9.17, 15) is 75.5 Å². The van der Waals surface area contributed by atoms with Crippen LogP contribution in [0.25, 0.3) is 0 Å². The maximum Gasteiger partial charge on any atom is 0.387 e. The molecule has 6 heterocycles. The number of carboxylic acid groups (broad SMARTS) is 1. The van der Waals surface area contributed by atoms with Gasteiger partial charge in [0.2, 0.25) is 0 Å². The van der Waals surface area contributed by atoms with Gasteiger partial charge in [-0.05, 0) is 210 Å². The molecule has 2 aliphatic carbocycles. The molecule has 29 nitrogen and oxygen atoms in total. The Balaban J connectivity index is 0.000000201. The van der Waals surface area contributed by atoms with Gasteiger partial charge in [0.25, 0.3) is 0 Å². The van der Waals surface area contributed by atoms with Crippen molar-refractivity contribution in [2.24, 2.45) is 11.8 Å². The number of aliphatic hydroxyl groups excluding tert-OH is 1. The second-order valence-electron chi connectivity index (χ2n) is 34.0. The lowest BCUT2D eigenvalue weighted by molar-refractivity contribution is -0.378. The van der Waals surface area contributed by atoms with Gasteiger partial charge in [0.05, 0.1) is 56.2 Å². The van der Waals surface area contributed by atoms with Gasteiger partial charge >= 0.3 is 37.1 Å². The highest BCUT2D eigenvalue weighted by Gasteiger charge is 2.38. The molecule has 16 rings (SSSR count). The molecule has 0 amide bonds. The first-order chi connectivity index (χ1) is 67.6. The zero-order chi connectivity index (χ0) is 101. The Labute approximate surface area is 850 Å². The van der Waals surface area contributed by atoms with Gasteiger partial charge in [0.1, 0.15) is 63.6 Å². The summed E-state index contributed by atoms with van der Waals surface area (Å²) in [5.41, 5.74) is 4.06. The van der Waals surface area contributed by atoms with Crippen LogP contribution >= 0.6 is 46.4 Å². The molecule has 6 fully saturated rings. The van der Waals surface area contributed by atoms with Crippen LogP contribution in [0.3, 0.4) is 0 Å². The van der Waals surface area contributed by atoms with Gasteiger partial charge in [-0.15, -0.1) is 0 Å². The average molecular weight is 2140 g/mol. The summed E-state index contributed by atoms with van der Waals surface area (Å²) < 4.78 is 186. The number of pyridine rings is 2. The molecule has 7 N–H and O–H groups in total. The maximum atomic E-state index is 13.7. The van der Waals surface area contributed by atoms with Crippen LogP contribution in [0.1, 0.15) is 123 Å². The number of sulfone groups is 4. The number of halogens is 8. The Bertz CT molecular complexity index is 6160. The van der Waals surface area contributed by atoms with E-state index in [2.05, 4.69) is 31.3 Å². The second-order valence-corrected chi connectivity index (χ2v) is 43.8. The number of esters is 3. The quantitative estimate of drug-likeness (QED) is 0.0183. The fourth-order valence-corrected chi connectivity index (χ4v) is 21.3. The highest BCUT2D eigenvalue weighted by atomic mass is 35.5. The Morgan fingerprint density at radius 2 is 0.797 bits per heavy atom. The van der Waals surface area contributed by atoms with E-state index in [4.69, 9.17) is 75.2 Å². The lowest BCUT2D eigenvalue weighted by Crippen LogP contribution is -2.40. The number of hydrogen-bond donors (Lipinski definition) is 3. The van der Waals surface area contributed by atoms with E-state index in [1.807, 2.05) is 70.5 Å². The third kappa shape index (κ3) is 37.1. The zero-order valence-corrected chi connectivity index (χ0v) is 84.3. The third-order valence-corrected chi connectivity index (χ3v) is 31.6. The molecule has 6 atom stereocenters. The minimum Gasteiger partial charge on any atom is -0.870 e. The van der Waals surface area contributed by atoms with Gasteiger partial charge in [-0.1, -0.05) is 199 Å². The number of aromatic amines is 2. The Kier molecular flexibility index (Phi) is 46.4. The highest BCUT2D eigenvalue weighted by molar-refractivity contribution is 7.94. The van der Waals surface area contributed by atoms with Crippen molar-refractivity contribution in [3.63, 3.8) is 0 Å². The first-order valence-electron chi connectivity index (χ1n) is 46.0. The first kappa shape index (κ1) is 116. The molecule has 41 heteroatoms. The summed E-state index contributed by atoms with van der Waals surface area (Å²) >= 11 is 25.1. The molecule has 8 aromatic carbocycles. The van der Waals surface area contributed by atoms with Crippen LogP contribution in [0, 0.1) is 11.8 Å². The number of likely N-dealkylation sites (tertiary alicyclic amines) is 3. The fourth-order valence-electron chi connectivity index (χ4n) is 15.6. The molecule has 0 bridgehead atoms. The van der Waals surface area contributed by atoms with Crippen LogP contribution in [0.5, 0.6) is 23.0 Å². The van der Waals surface area contributed by atoms with Crippen molar-refractivity contribution in [2.75, 3.05) is 76.3 Å². The molecular weight excluding hydrogens is 2020 g/mol. The lowest BCUT2D eigenvalue weighted by atomic mass is 10.0. The molecule has 4 saturated heterocycles. The van der Waals surface area contributed by atoms with Gasteiger partial charge in [0, 0.05) is 49.0 Å². The highest BCUT2D eigenvalue weighted by Crippen LogP contribution is 2.41. The number of hydrogen-bond acceptors (Lipinski definition) is 26. The number of ether oxygens (including phenoxy) is 7. The Hall–Kier alpha value is -10.7. The Morgan fingerprint density at radius 1 is 0.441 bits per heavy atom. The number of nitrogens with one attached hydrogen (secondary N) is 3. The number of H-pyrrole nitrogens is 2. The van der Waals surface area contributed by atoms with Crippen LogP contribution in [0.2, 0.25) is 20.1 Å². The number of carbonyl (C=O) groups is 4. The number of nitrogens with zero attached hydrogens (tertiary/aromatic N) is 3. The van der Waals surface area contributed by atoms with Gasteiger partial charge in [-0.25, -0.2) is 43.6 Å². The van der Waals surface area contributed by atoms with Crippen molar-refractivity contribution >= 4 is 110 Å². The van der Waals surface area contributed by atoms with Crippen molar-refractivity contribution in [3.8, 4) is 23.0 Å². The van der Waals surface area contributed by atoms with Gasteiger partial charge in [0.15, 0.2) is 87.1 Å². The van der Waals surface area contributed by atoms with Crippen molar-refractivity contribution < 1.29 is 135 Å². The molecule has 4 aliphatic heterocycles. The van der Waals surface area contributed by atoms with Crippen LogP contribution < -0.4 is 34.2 Å². The molecule has 6 aliphatic rings. The van der Waals surface area contributed by atoms with Gasteiger partial charge < -0.3 is 59.6 Å². The number of benzene rings is 8. The summed E-state index contributed by atoms with van der Waals surface area (Å²) in [7, 11) is -13.5. The van der Waals surface area contributed by atoms with Crippen LogP contribution in [-0.4, -0.2) is 207 Å². The minimum atomic E-state index is -3.54. The topological polar surface area (TPSA) is 420 Å². The summed E-state index contributed by atoms with van der Waals surface area (Å²) in [5, 5.41) is 25.1. The van der Waals surface area contributed by atoms with Crippen molar-refractivity contribution in [1.82, 2.24) is 20.0 Å². The molecular formula is C102H116Cl4F4N6O23S4. The number of aliphatic carboxylic acids is 1. The van der Waals surface area contributed by atoms with E-state index in [0.717, 1.165) is 81.0 Å². The summed E-state index contributed by atoms with van der Waals surface area (Å²) in [6.45, 7) is 2.23. The summed E-state index contributed by atoms with van der Waals surface area (Å²) in [4.78, 5) is 60.9. The predicted octanol–water partition coefficient (Wildman–Crippen LogP) is 16.8. The number of aromatic nitrogens is 2. The van der Waals surface area contributed by atoms with Gasteiger partial charge in [-0.3, -0.25) is 33.9 Å². The molecule has 772 valence electrons. The van der Waals surface area contributed by atoms with Crippen LogP contribution in [0.15, 0.2) is 275 Å². The zero-order valence-electron chi connectivity index (χ0n) is 78.0. The van der Waals surface area contributed by atoms with E-state index in [1.54, 1.807) is 139 Å². The maximum absolute atomic E-state index is 13.7. The van der Waals surface area contributed by atoms with E-state index in [-0.39, 0.29) is 118 Å². The molecule has 2 saturated carbocycles. The number of alkyl halides is 4. The summed E-state index contributed by atoms with van der Waals surface area (Å²) in [6, 6.07) is 59.5. The molecule has 10 aromatic rings. The number of rotatable bonds is 39. The lowest BCUT2D eigenvalue weighted by Gasteiger charge is -2.26. The van der Waals surface area contributed by atoms with E-state index < -0.39 is 88.8 Å². The molecule has 0 unspecified atom stereocenters. The predicted molar refractivity (Wildman–Crippen MR) is 528 cm³/mol. The summed E-state index contributed by atoms with van der Waals surface area (Å²) in [6.07, 6.45) is 14.9. The van der Waals surface area contributed by atoms with Crippen molar-refractivity contribution in [1.29, 1.82) is 0 Å². The normalized spacial score (nSPS) is 17.2. The fraction of sp³-hybridized carbons (Fsp3) is 0.373. The molecule has 0 spiro atoms. The molecule has 2 aromatic heterocycles. The van der Waals surface area contributed by atoms with Crippen LogP contribution in [0.4, 0.5) is 17.6 Å². The third-order valence-electron chi connectivity index (χ3n) is 23.8. The van der Waals surface area contributed by atoms with Crippen molar-refractivity contribution in [2.45, 2.75) is 172 Å². The molecule has 0 radical (unpaired) electrons. The van der Waals surface area contributed by atoms with Crippen LogP contribution in [-0.2, 0) is 98.8 Å². The SMILES string of the molecule is C=CS(=O)(=O)c1ccccc1.O=C(O)[C@@H]1CCCN1CCS(=O)(=O)c1ccccc1.O=C(OCc1ccccc1)[C@@H]1CCCN1.O=C(OCc1ccccc1)[C@@H]1CCCN1CCS(=O)(=O)c1ccccc1.O=C(O[C@@H](Cc1c(Cl)c[nH+]cc1Cl)c1ccc(OC(F)F)c(OCC2CC2)c1)[C@@H]1CCCN1CCS(=O)(=O)c1ccccc1.O[C@@H](Cc1c(Cl)c[nH+]cc1Cl)c1ccc(OC(F)F)c(OCC2CC2)c1.[OH-].[OH-]. The monoisotopic (exact) mass is 2140 g/mol. The largest absolute Gasteiger partial charge is 0.870 e. The molecule has 143 heavy (non-hydrogen) atoms. The number of carboxylic acids is 1. The van der Waals surface area contributed by atoms with Gasteiger partial charge in [-0.2, -0.15) is 17.6 Å². The standard InChI is InChI=1S/C31H32Cl2F2N2O6S.C20H23NO4S.C18H17Cl2F2NO3.C13H17NO4S.C12H15NO2.C8H8O2S.2H2O/c32-24-17-36-18-25(33)23(24)16-28(21-10-11-27(43-31(34)35)29(15-21)41-19-20-8-9-20)42-30(38)26-7-4-12-37(26)13-14-44(39,40)22-5-2-1-3-6-22;22-20(25-16-17-8-3-1-4-9-17)19-12-7-13-21(19)14-15-26(23,24)18-10-5-2-6-11-18;19-13-7-23-8-14(20)12(13)6-15(24)11-3-4-16(26-18(21)22)17(5-11)25-9-10-1-2-10;15-13(16)12-7-4-8-14(12)9-10-19(17,18)11-5-2-1-3-6-11;14-12(11-7-4-8-13-11)15-9-10-5-2-1-3-6-10;1-2-11(9,10)8-6-4-3-5-7-8;;/h1-3,5-6,10-11,15,17-18,20,26,28,31H,4,7-9,12-14,16,19H2;1-6,8-11,19H,7,12-16H2;3-5,7-8,10,15,18,24H,1-2,6,9H2;1-3,5-6,12H,4,7-10H2,(H,15,16);1-3,5-6,11,13H,4,7-9H2;2-7H,1H2;2*1H2/t26-,28-;19-;15-;12-;11-;;;/m00000.../s1. The smallest absolute Gasteiger partial charge is 0.387 e. The minimum absolute atomic E-state index is 0. The second kappa shape index (κ2) is 57.3. The number of aliphatic hydroxyl groups is 1. The number of carbonyl (C=O) groups excluding carboxylic acids is 3. The van der Waals surface area contributed by atoms with E-state index in [0.29, 0.717) is 129 Å².